The van der Waals surface area contributed by atoms with Crippen LogP contribution in [0.1, 0.15) is 64.8 Å². The molecule has 3 heteroatoms. The fourth-order valence-electron chi connectivity index (χ4n) is 5.97. The number of carbonyl (C=O) groups excluding carboxylic acids is 1. The standard InChI is InChI=1S/C20H30N2O/c1-14(2)7-18(22-5-3-4-6-22)19(23)21-20-11-15-8-16(12-20)10-17(9-15)13-20/h3-6,14-18H,7-13H2,1-2H3,(H,21,23)/t15?,16?,17?,18-,20?/m0/s1. The Balaban J connectivity index is 1.51. The molecule has 0 aromatic carbocycles. The zero-order valence-electron chi connectivity index (χ0n) is 14.5. The maximum atomic E-state index is 13.1. The predicted octanol–water partition coefficient (Wildman–Crippen LogP) is 4.16. The molecule has 0 aliphatic heterocycles. The van der Waals surface area contributed by atoms with Crippen LogP contribution in [-0.2, 0) is 4.79 Å². The lowest BCUT2D eigenvalue weighted by Crippen LogP contribution is -2.60. The minimum atomic E-state index is -0.0574. The molecule has 4 aliphatic carbocycles. The van der Waals surface area contributed by atoms with Gasteiger partial charge in [0.1, 0.15) is 6.04 Å². The summed E-state index contributed by atoms with van der Waals surface area (Å²) in [5.74, 6) is 3.38. The number of amides is 1. The Morgan fingerprint density at radius 3 is 2.09 bits per heavy atom. The molecule has 0 spiro atoms. The molecule has 4 bridgehead atoms. The summed E-state index contributed by atoms with van der Waals surface area (Å²) < 4.78 is 2.09. The number of nitrogens with one attached hydrogen (secondary N) is 1. The molecule has 0 unspecified atom stereocenters. The predicted molar refractivity (Wildman–Crippen MR) is 92.0 cm³/mol. The van der Waals surface area contributed by atoms with E-state index < -0.39 is 0 Å². The highest BCUT2D eigenvalue weighted by Crippen LogP contribution is 2.55. The highest BCUT2D eigenvalue weighted by atomic mass is 16.2. The quantitative estimate of drug-likeness (QED) is 0.870. The van der Waals surface area contributed by atoms with Crippen LogP contribution in [0, 0.1) is 23.7 Å². The summed E-state index contributed by atoms with van der Waals surface area (Å²) in [5, 5.41) is 3.56. The fourth-order valence-corrected chi connectivity index (χ4v) is 5.97. The highest BCUT2D eigenvalue weighted by Gasteiger charge is 2.51. The van der Waals surface area contributed by atoms with Crippen LogP contribution < -0.4 is 5.32 Å². The van der Waals surface area contributed by atoms with Crippen molar-refractivity contribution in [1.29, 1.82) is 0 Å². The molecule has 1 amide bonds. The number of nitrogens with zero attached hydrogens (tertiary/aromatic N) is 1. The minimum absolute atomic E-state index is 0.0574. The van der Waals surface area contributed by atoms with Gasteiger partial charge in [-0.05, 0) is 80.8 Å². The maximum absolute atomic E-state index is 13.1. The van der Waals surface area contributed by atoms with Gasteiger partial charge >= 0.3 is 0 Å². The van der Waals surface area contributed by atoms with Crippen LogP contribution in [-0.4, -0.2) is 16.0 Å². The Labute approximate surface area is 139 Å². The topological polar surface area (TPSA) is 34.0 Å². The van der Waals surface area contributed by atoms with E-state index in [0.29, 0.717) is 5.92 Å². The van der Waals surface area contributed by atoms with Gasteiger partial charge in [0, 0.05) is 17.9 Å². The van der Waals surface area contributed by atoms with Crippen molar-refractivity contribution >= 4 is 5.91 Å². The number of hydrogen-bond donors (Lipinski definition) is 1. The Bertz CT molecular complexity index is 525. The third-order valence-electron chi connectivity index (χ3n) is 6.41. The molecule has 0 radical (unpaired) electrons. The second-order valence-corrected chi connectivity index (χ2v) is 8.96. The molecule has 1 aromatic rings. The summed E-state index contributed by atoms with van der Waals surface area (Å²) in [5.41, 5.74) is 0.119. The van der Waals surface area contributed by atoms with E-state index in [2.05, 4.69) is 23.7 Å². The Hall–Kier alpha value is -1.25. The first-order chi connectivity index (χ1) is 11.0. The second kappa shape index (κ2) is 5.68. The summed E-state index contributed by atoms with van der Waals surface area (Å²) in [6.07, 6.45) is 12.9. The number of hydrogen-bond acceptors (Lipinski definition) is 1. The average molecular weight is 314 g/mol. The lowest BCUT2D eigenvalue weighted by Gasteiger charge is -2.57. The average Bonchev–Trinajstić information content (AvgIpc) is 2.96. The molecular weight excluding hydrogens is 284 g/mol. The molecule has 4 saturated carbocycles. The van der Waals surface area contributed by atoms with Crippen molar-refractivity contribution in [2.45, 2.75) is 70.4 Å². The normalized spacial score (nSPS) is 36.4. The van der Waals surface area contributed by atoms with Crippen molar-refractivity contribution < 1.29 is 4.79 Å². The Morgan fingerprint density at radius 1 is 1.09 bits per heavy atom. The Kier molecular flexibility index (Phi) is 3.78. The molecule has 126 valence electrons. The summed E-state index contributed by atoms with van der Waals surface area (Å²) in [7, 11) is 0. The zero-order chi connectivity index (χ0) is 16.0. The van der Waals surface area contributed by atoms with Crippen molar-refractivity contribution in [2.24, 2.45) is 23.7 Å². The second-order valence-electron chi connectivity index (χ2n) is 8.96. The van der Waals surface area contributed by atoms with Crippen molar-refractivity contribution in [3.8, 4) is 0 Å². The van der Waals surface area contributed by atoms with Gasteiger partial charge in [-0.3, -0.25) is 4.79 Å². The van der Waals surface area contributed by atoms with Gasteiger partial charge in [0.2, 0.25) is 5.91 Å². The van der Waals surface area contributed by atoms with Crippen molar-refractivity contribution in [3.05, 3.63) is 24.5 Å². The van der Waals surface area contributed by atoms with Gasteiger partial charge in [0.05, 0.1) is 0 Å². The van der Waals surface area contributed by atoms with Gasteiger partial charge in [-0.15, -0.1) is 0 Å². The fraction of sp³-hybridized carbons (Fsp3) is 0.750. The lowest BCUT2D eigenvalue weighted by atomic mass is 9.53. The van der Waals surface area contributed by atoms with E-state index in [9.17, 15) is 4.79 Å². The van der Waals surface area contributed by atoms with Crippen LogP contribution in [0.2, 0.25) is 0 Å². The van der Waals surface area contributed by atoms with Crippen molar-refractivity contribution in [1.82, 2.24) is 9.88 Å². The molecule has 4 fully saturated rings. The first-order valence-electron chi connectivity index (χ1n) is 9.47. The molecular formula is C20H30N2O. The van der Waals surface area contributed by atoms with E-state index in [1.165, 1.54) is 38.5 Å². The van der Waals surface area contributed by atoms with Gasteiger partial charge in [-0.1, -0.05) is 13.8 Å². The maximum Gasteiger partial charge on any atom is 0.243 e. The van der Waals surface area contributed by atoms with E-state index >= 15 is 0 Å². The summed E-state index contributed by atoms with van der Waals surface area (Å²) in [4.78, 5) is 13.1. The third-order valence-corrected chi connectivity index (χ3v) is 6.41. The SMILES string of the molecule is CC(C)C[C@@H](C(=O)NC12CC3CC(CC(C3)C1)C2)n1cccc1. The van der Waals surface area contributed by atoms with Gasteiger partial charge in [0.15, 0.2) is 0 Å². The van der Waals surface area contributed by atoms with Crippen molar-refractivity contribution in [3.63, 3.8) is 0 Å². The molecule has 4 aliphatic rings. The summed E-state index contributed by atoms with van der Waals surface area (Å²) >= 11 is 0. The molecule has 1 heterocycles. The molecule has 0 saturated heterocycles. The van der Waals surface area contributed by atoms with Gasteiger partial charge in [0.25, 0.3) is 0 Å². The van der Waals surface area contributed by atoms with E-state index in [-0.39, 0.29) is 17.5 Å². The summed E-state index contributed by atoms with van der Waals surface area (Å²) in [6.45, 7) is 4.41. The molecule has 1 atom stereocenters. The monoisotopic (exact) mass is 314 g/mol. The molecule has 1 aromatic heterocycles. The molecule has 1 N–H and O–H groups in total. The molecule has 23 heavy (non-hydrogen) atoms. The van der Waals surface area contributed by atoms with Crippen LogP contribution in [0.25, 0.3) is 0 Å². The van der Waals surface area contributed by atoms with Crippen LogP contribution in [0.4, 0.5) is 0 Å². The first kappa shape index (κ1) is 15.3. The van der Waals surface area contributed by atoms with Crippen molar-refractivity contribution in [2.75, 3.05) is 0 Å². The van der Waals surface area contributed by atoms with Crippen LogP contribution in [0.15, 0.2) is 24.5 Å². The number of aromatic nitrogens is 1. The van der Waals surface area contributed by atoms with Crippen LogP contribution in [0.3, 0.4) is 0 Å². The van der Waals surface area contributed by atoms with E-state index in [1.54, 1.807) is 0 Å². The summed E-state index contributed by atoms with van der Waals surface area (Å²) in [6, 6.07) is 3.98. The lowest BCUT2D eigenvalue weighted by molar-refractivity contribution is -0.130. The van der Waals surface area contributed by atoms with E-state index in [1.807, 2.05) is 24.5 Å². The van der Waals surface area contributed by atoms with Gasteiger partial charge in [-0.2, -0.15) is 0 Å². The third kappa shape index (κ3) is 2.95. The zero-order valence-corrected chi connectivity index (χ0v) is 14.5. The Morgan fingerprint density at radius 2 is 1.61 bits per heavy atom. The first-order valence-corrected chi connectivity index (χ1v) is 9.47. The minimum Gasteiger partial charge on any atom is -0.349 e. The van der Waals surface area contributed by atoms with Crippen LogP contribution in [0.5, 0.6) is 0 Å². The largest absolute Gasteiger partial charge is 0.349 e. The number of carbonyl (C=O) groups is 1. The highest BCUT2D eigenvalue weighted by molar-refractivity contribution is 5.81. The molecule has 3 nitrogen and oxygen atoms in total. The van der Waals surface area contributed by atoms with Gasteiger partial charge in [-0.25, -0.2) is 0 Å². The van der Waals surface area contributed by atoms with Gasteiger partial charge < -0.3 is 9.88 Å². The number of rotatable bonds is 5. The van der Waals surface area contributed by atoms with E-state index in [0.717, 1.165) is 24.2 Å². The van der Waals surface area contributed by atoms with Crippen LogP contribution >= 0.6 is 0 Å². The van der Waals surface area contributed by atoms with E-state index in [4.69, 9.17) is 0 Å². The smallest absolute Gasteiger partial charge is 0.243 e. The molecule has 5 rings (SSSR count).